The third kappa shape index (κ3) is 2.36. The molecule has 0 radical (unpaired) electrons. The summed E-state index contributed by atoms with van der Waals surface area (Å²) < 4.78 is 0. The minimum atomic E-state index is 0.138. The van der Waals surface area contributed by atoms with Crippen LogP contribution in [-0.2, 0) is 0 Å². The monoisotopic (exact) mass is 241 g/mol. The van der Waals surface area contributed by atoms with Gasteiger partial charge in [-0.2, -0.15) is 0 Å². The molecule has 0 aliphatic heterocycles. The molecule has 94 valence electrons. The molecule has 1 atom stereocenters. The largest absolute Gasteiger partial charge is 0.324 e. The van der Waals surface area contributed by atoms with Crippen LogP contribution in [0.15, 0.2) is 30.6 Å². The van der Waals surface area contributed by atoms with Crippen molar-refractivity contribution < 1.29 is 0 Å². The Hall–Kier alpha value is -1.48. The second kappa shape index (κ2) is 5.02. The third-order valence-electron chi connectivity index (χ3n) is 3.98. The Balaban J connectivity index is 1.80. The first-order chi connectivity index (χ1) is 8.83. The van der Waals surface area contributed by atoms with Gasteiger partial charge in [0.15, 0.2) is 0 Å². The van der Waals surface area contributed by atoms with Crippen LogP contribution in [0.2, 0.25) is 0 Å². The molecule has 3 heteroatoms. The van der Waals surface area contributed by atoms with E-state index in [0.29, 0.717) is 0 Å². The van der Waals surface area contributed by atoms with Gasteiger partial charge in [0.1, 0.15) is 0 Å². The van der Waals surface area contributed by atoms with Crippen LogP contribution in [-0.4, -0.2) is 9.97 Å². The lowest BCUT2D eigenvalue weighted by atomic mass is 9.94. The van der Waals surface area contributed by atoms with Gasteiger partial charge in [0, 0.05) is 18.4 Å². The lowest BCUT2D eigenvalue weighted by molar-refractivity contribution is 0.451. The molecule has 3 rings (SSSR count). The van der Waals surface area contributed by atoms with Gasteiger partial charge in [-0.1, -0.05) is 31.7 Å². The summed E-state index contributed by atoms with van der Waals surface area (Å²) in [5.41, 5.74) is 9.39. The molecule has 0 saturated heterocycles. The van der Waals surface area contributed by atoms with Crippen molar-refractivity contribution in [2.24, 2.45) is 11.7 Å². The average molecular weight is 241 g/mol. The highest BCUT2D eigenvalue weighted by molar-refractivity contribution is 5.74. The highest BCUT2D eigenvalue weighted by Gasteiger charge is 2.19. The zero-order valence-electron chi connectivity index (χ0n) is 10.5. The summed E-state index contributed by atoms with van der Waals surface area (Å²) in [5, 5.41) is 0. The summed E-state index contributed by atoms with van der Waals surface area (Å²) in [4.78, 5) is 8.62. The van der Waals surface area contributed by atoms with E-state index in [1.165, 1.54) is 31.2 Å². The van der Waals surface area contributed by atoms with Crippen LogP contribution in [0.25, 0.3) is 11.0 Å². The number of nitrogens with two attached hydrogens (primary N) is 1. The molecule has 0 bridgehead atoms. The lowest BCUT2D eigenvalue weighted by Gasteiger charge is -2.16. The van der Waals surface area contributed by atoms with Gasteiger partial charge in [-0.15, -0.1) is 0 Å². The van der Waals surface area contributed by atoms with E-state index in [9.17, 15) is 0 Å². The number of fused-ring (bicyclic) bond motifs is 1. The summed E-state index contributed by atoms with van der Waals surface area (Å²) in [6.45, 7) is 0. The molecule has 18 heavy (non-hydrogen) atoms. The maximum absolute atomic E-state index is 6.32. The number of rotatable bonds is 3. The van der Waals surface area contributed by atoms with Gasteiger partial charge in [-0.3, -0.25) is 9.97 Å². The second-order valence-corrected chi connectivity index (χ2v) is 5.30. The Morgan fingerprint density at radius 3 is 2.61 bits per heavy atom. The molecule has 2 N–H and O–H groups in total. The molecule has 0 amide bonds. The van der Waals surface area contributed by atoms with Crippen LogP contribution in [0.1, 0.15) is 43.7 Å². The van der Waals surface area contributed by atoms with E-state index in [1.807, 2.05) is 6.07 Å². The zero-order valence-corrected chi connectivity index (χ0v) is 10.5. The number of nitrogens with zero attached hydrogens (tertiary/aromatic N) is 2. The molecule has 1 aliphatic rings. The first-order valence-electron chi connectivity index (χ1n) is 6.79. The number of hydrogen-bond acceptors (Lipinski definition) is 3. The minimum Gasteiger partial charge on any atom is -0.324 e. The summed E-state index contributed by atoms with van der Waals surface area (Å²) in [6, 6.07) is 6.34. The smallest absolute Gasteiger partial charge is 0.0890 e. The second-order valence-electron chi connectivity index (χ2n) is 5.30. The predicted octanol–water partition coefficient (Wildman–Crippen LogP) is 3.21. The Kier molecular flexibility index (Phi) is 3.24. The number of hydrogen-bond donors (Lipinski definition) is 1. The highest BCUT2D eigenvalue weighted by Crippen LogP contribution is 2.32. The Labute approximate surface area is 107 Å². The maximum Gasteiger partial charge on any atom is 0.0890 e. The van der Waals surface area contributed by atoms with E-state index < -0.39 is 0 Å². The van der Waals surface area contributed by atoms with E-state index >= 15 is 0 Å². The number of benzene rings is 1. The van der Waals surface area contributed by atoms with Gasteiger partial charge in [-0.05, 0) is 30.0 Å². The Bertz CT molecular complexity index is 532. The van der Waals surface area contributed by atoms with Crippen LogP contribution >= 0.6 is 0 Å². The van der Waals surface area contributed by atoms with E-state index in [1.54, 1.807) is 12.4 Å². The van der Waals surface area contributed by atoms with Gasteiger partial charge in [0.2, 0.25) is 0 Å². The predicted molar refractivity (Wildman–Crippen MR) is 73.0 cm³/mol. The van der Waals surface area contributed by atoms with Crippen molar-refractivity contribution in [3.63, 3.8) is 0 Å². The fourth-order valence-electron chi connectivity index (χ4n) is 2.95. The molecule has 0 spiro atoms. The van der Waals surface area contributed by atoms with Crippen molar-refractivity contribution in [3.05, 3.63) is 36.2 Å². The fourth-order valence-corrected chi connectivity index (χ4v) is 2.95. The topological polar surface area (TPSA) is 51.8 Å². The molecule has 3 nitrogen and oxygen atoms in total. The Morgan fingerprint density at radius 1 is 1.11 bits per heavy atom. The van der Waals surface area contributed by atoms with Crippen LogP contribution in [0.5, 0.6) is 0 Å². The first kappa shape index (κ1) is 11.6. The summed E-state index contributed by atoms with van der Waals surface area (Å²) in [6.07, 6.45) is 10.0. The van der Waals surface area contributed by atoms with Gasteiger partial charge in [0.05, 0.1) is 11.0 Å². The molecule has 1 unspecified atom stereocenters. The molecular weight excluding hydrogens is 222 g/mol. The van der Waals surface area contributed by atoms with Gasteiger partial charge < -0.3 is 5.73 Å². The molecule has 1 fully saturated rings. The quantitative estimate of drug-likeness (QED) is 0.897. The summed E-state index contributed by atoms with van der Waals surface area (Å²) in [7, 11) is 0. The molecule has 1 heterocycles. The molecule has 2 aromatic rings. The van der Waals surface area contributed by atoms with Crippen molar-refractivity contribution in [2.45, 2.75) is 38.1 Å². The fraction of sp³-hybridized carbons (Fsp3) is 0.467. The van der Waals surface area contributed by atoms with Crippen molar-refractivity contribution in [1.29, 1.82) is 0 Å². The molecule has 1 saturated carbocycles. The molecule has 1 aliphatic carbocycles. The van der Waals surface area contributed by atoms with E-state index in [0.717, 1.165) is 23.4 Å². The van der Waals surface area contributed by atoms with Crippen molar-refractivity contribution in [3.8, 4) is 0 Å². The van der Waals surface area contributed by atoms with Crippen molar-refractivity contribution >= 4 is 11.0 Å². The summed E-state index contributed by atoms with van der Waals surface area (Å²) >= 11 is 0. The standard InChI is InChI=1S/C15H19N3/c16-13(9-11-3-1-2-4-11)12-5-6-14-15(10-12)18-8-7-17-14/h5-8,10-11,13H,1-4,9,16H2. The van der Waals surface area contributed by atoms with Gasteiger partial charge in [0.25, 0.3) is 0 Å². The first-order valence-corrected chi connectivity index (χ1v) is 6.79. The Morgan fingerprint density at radius 2 is 1.83 bits per heavy atom. The van der Waals surface area contributed by atoms with E-state index in [-0.39, 0.29) is 6.04 Å². The SMILES string of the molecule is NC(CC1CCCC1)c1ccc2nccnc2c1. The summed E-state index contributed by atoms with van der Waals surface area (Å²) in [5.74, 6) is 0.817. The van der Waals surface area contributed by atoms with Crippen molar-refractivity contribution in [1.82, 2.24) is 9.97 Å². The van der Waals surface area contributed by atoms with Crippen LogP contribution in [0, 0.1) is 5.92 Å². The lowest BCUT2D eigenvalue weighted by Crippen LogP contribution is -2.14. The van der Waals surface area contributed by atoms with Gasteiger partial charge in [-0.25, -0.2) is 0 Å². The average Bonchev–Trinajstić information content (AvgIpc) is 2.91. The zero-order chi connectivity index (χ0) is 12.4. The van der Waals surface area contributed by atoms with Crippen LogP contribution in [0.3, 0.4) is 0 Å². The molecule has 1 aromatic heterocycles. The van der Waals surface area contributed by atoms with Crippen molar-refractivity contribution in [2.75, 3.05) is 0 Å². The maximum atomic E-state index is 6.32. The molecule has 1 aromatic carbocycles. The van der Waals surface area contributed by atoms with E-state index in [4.69, 9.17) is 5.73 Å². The van der Waals surface area contributed by atoms with E-state index in [2.05, 4.69) is 22.1 Å². The normalized spacial score (nSPS) is 18.3. The van der Waals surface area contributed by atoms with Crippen LogP contribution in [0.4, 0.5) is 0 Å². The minimum absolute atomic E-state index is 0.138. The third-order valence-corrected chi connectivity index (χ3v) is 3.98. The highest BCUT2D eigenvalue weighted by atomic mass is 14.8. The molecular formula is C15H19N3. The van der Waals surface area contributed by atoms with Gasteiger partial charge >= 0.3 is 0 Å². The van der Waals surface area contributed by atoms with Crippen LogP contribution < -0.4 is 5.73 Å². The number of aromatic nitrogens is 2.